The molecule has 0 aromatic rings. The number of phosphoric acid groups is 1. The Morgan fingerprint density at radius 2 is 1.21 bits per heavy atom. The number of aliphatic carboxylic acids is 1. The molecule has 0 aliphatic heterocycles. The Labute approximate surface area is 425 Å². The summed E-state index contributed by atoms with van der Waals surface area (Å²) in [4.78, 5) is 47.7. The largest absolute Gasteiger partial charge is 0.481 e. The summed E-state index contributed by atoms with van der Waals surface area (Å²) >= 11 is 1.11. The Bertz CT molecular complexity index is 1730. The van der Waals surface area contributed by atoms with Gasteiger partial charge in [-0.05, 0) is 77.0 Å². The van der Waals surface area contributed by atoms with Gasteiger partial charge < -0.3 is 55.8 Å². The number of carboxylic acids is 1. The van der Waals surface area contributed by atoms with Crippen LogP contribution in [0, 0.1) is 0 Å². The third-order valence-corrected chi connectivity index (χ3v) is 13.3. The zero-order valence-electron chi connectivity index (χ0n) is 41.6. The number of carbonyl (C=O) groups excluding carboxylic acids is 2. The van der Waals surface area contributed by atoms with Crippen molar-refractivity contribution in [1.82, 2.24) is 0 Å². The maximum absolute atomic E-state index is 13.3. The third-order valence-electron chi connectivity index (χ3n) is 10.9. The van der Waals surface area contributed by atoms with E-state index in [0.29, 0.717) is 6.42 Å². The monoisotopic (exact) mass is 1040 g/mol. The number of carboxylic acid groups (broad SMARTS) is 1. The van der Waals surface area contributed by atoms with Crippen LogP contribution in [-0.2, 0) is 37.5 Å². The van der Waals surface area contributed by atoms with E-state index in [2.05, 4.69) is 74.6 Å². The van der Waals surface area contributed by atoms with Crippen LogP contribution in [0.15, 0.2) is 97.2 Å². The number of phosphoric ester groups is 1. The summed E-state index contributed by atoms with van der Waals surface area (Å²) in [5, 5.41) is 70.0. The predicted molar refractivity (Wildman–Crippen MR) is 277 cm³/mol. The van der Waals surface area contributed by atoms with Crippen LogP contribution in [-0.4, -0.2) is 138 Å². The van der Waals surface area contributed by atoms with E-state index in [-0.39, 0.29) is 31.4 Å². The maximum atomic E-state index is 13.3. The van der Waals surface area contributed by atoms with E-state index in [4.69, 9.17) is 29.4 Å². The van der Waals surface area contributed by atoms with Gasteiger partial charge in [-0.1, -0.05) is 137 Å². The van der Waals surface area contributed by atoms with Crippen LogP contribution in [0.25, 0.3) is 0 Å². The van der Waals surface area contributed by atoms with Crippen LogP contribution in [0.5, 0.6) is 0 Å². The molecule has 0 heterocycles. The Hall–Kier alpha value is -3.49. The van der Waals surface area contributed by atoms with Crippen molar-refractivity contribution < 1.29 is 78.1 Å². The number of hydrogen-bond donors (Lipinski definition) is 9. The first-order valence-electron chi connectivity index (χ1n) is 25.0. The number of unbranched alkanes of at least 4 members (excludes halogenated alkanes) is 7. The van der Waals surface area contributed by atoms with Crippen molar-refractivity contribution in [3.63, 3.8) is 0 Å². The van der Waals surface area contributed by atoms with Gasteiger partial charge in [-0.3, -0.25) is 23.4 Å². The number of aliphatic hydroxyl groups excluding tert-OH is 6. The Morgan fingerprint density at radius 1 is 0.662 bits per heavy atom. The number of thioether (sulfide) groups is 1. The van der Waals surface area contributed by atoms with E-state index < -0.39 is 99.1 Å². The minimum absolute atomic E-state index is 0.0307. The molecule has 1 saturated carbocycles. The fraction of sp³-hybridized carbons (Fsp3) is 0.635. The molecule has 0 aromatic carbocycles. The first kappa shape index (κ1) is 65.5. The fourth-order valence-electron chi connectivity index (χ4n) is 6.76. The van der Waals surface area contributed by atoms with Gasteiger partial charge in [-0.25, -0.2) is 4.57 Å². The molecule has 0 bridgehead atoms. The summed E-state index contributed by atoms with van der Waals surface area (Å²) in [7, 11) is -5.29. The van der Waals surface area contributed by atoms with Gasteiger partial charge in [0.2, 0.25) is 0 Å². The Kier molecular flexibility index (Phi) is 37.8. The van der Waals surface area contributed by atoms with E-state index in [9.17, 15) is 54.5 Å². The zero-order valence-corrected chi connectivity index (χ0v) is 43.3. The number of aliphatic hydroxyl groups is 6. The van der Waals surface area contributed by atoms with E-state index in [1.54, 1.807) is 18.2 Å². The fourth-order valence-corrected chi connectivity index (χ4v) is 8.86. The minimum Gasteiger partial charge on any atom is -0.481 e. The maximum Gasteiger partial charge on any atom is 0.472 e. The lowest BCUT2D eigenvalue weighted by Gasteiger charge is -2.41. The number of allylic oxidation sites excluding steroid dienone is 15. The second-order valence-electron chi connectivity index (χ2n) is 17.1. The van der Waals surface area contributed by atoms with Crippen LogP contribution in [0.2, 0.25) is 0 Å². The molecule has 1 aliphatic carbocycles. The number of nitrogens with two attached hydrogens (primary N) is 1. The molecular formula is C52H84NO16PS. The van der Waals surface area contributed by atoms with Crippen LogP contribution in [0.4, 0.5) is 0 Å². The number of carbonyl (C=O) groups is 3. The molecule has 1 rings (SSSR count). The number of rotatable bonds is 40. The molecule has 0 spiro atoms. The highest BCUT2D eigenvalue weighted by Gasteiger charge is 2.51. The van der Waals surface area contributed by atoms with E-state index >= 15 is 0 Å². The van der Waals surface area contributed by atoms with Crippen LogP contribution in [0.1, 0.15) is 129 Å². The van der Waals surface area contributed by atoms with E-state index in [1.165, 1.54) is 12.8 Å². The van der Waals surface area contributed by atoms with Crippen molar-refractivity contribution in [2.24, 2.45) is 5.73 Å². The van der Waals surface area contributed by atoms with Gasteiger partial charge in [0.05, 0.1) is 12.7 Å². The first-order valence-corrected chi connectivity index (χ1v) is 27.5. The highest BCUT2D eigenvalue weighted by Crippen LogP contribution is 2.47. The average Bonchev–Trinajstić information content (AvgIpc) is 3.34. The molecule has 71 heavy (non-hydrogen) atoms. The standard InChI is InChI=1S/C52H84NO16PS/c1-3-5-7-9-11-13-15-17-18-19-20-21-23-25-27-29-31-36-45(57)66-37-40(38-67-70(64,65)69-51-49(61)47(59)46(58)48(60)50(51)62)68-52(63)41(53)39-71-43(42(54)33-32-35-44(55)56)34-30-28-26-24-22-16-14-12-10-8-6-4-2/h5,7,11-14,17-18,20-22,24,26,28,30,34,40-43,46-51,54,58-62H,3-4,6,8-10,15-16,19,23,25,27,29,31-33,35-39,53H2,1-2H3,(H,55,56)(H,64,65)/b7-5-,13-11-,14-12-,18-17-,21-20-,24-22-,28-26+,34-30+/t40-,41+,42+,43-,46?,47-,48+,49-,50-,51?/m1/s1. The van der Waals surface area contributed by atoms with Gasteiger partial charge in [0.15, 0.2) is 6.10 Å². The summed E-state index contributed by atoms with van der Waals surface area (Å²) < 4.78 is 33.7. The molecule has 0 amide bonds. The summed E-state index contributed by atoms with van der Waals surface area (Å²) in [6, 6.07) is -1.34. The molecule has 0 radical (unpaired) electrons. The number of ether oxygens (including phenoxy) is 2. The lowest BCUT2D eigenvalue weighted by atomic mass is 9.85. The highest BCUT2D eigenvalue weighted by atomic mass is 32.2. The second-order valence-corrected chi connectivity index (χ2v) is 19.8. The third kappa shape index (κ3) is 32.3. The van der Waals surface area contributed by atoms with E-state index in [1.807, 2.05) is 18.2 Å². The van der Waals surface area contributed by atoms with Crippen molar-refractivity contribution in [2.45, 2.75) is 190 Å². The molecule has 1 aliphatic rings. The molecule has 19 heteroatoms. The highest BCUT2D eigenvalue weighted by molar-refractivity contribution is 8.00. The summed E-state index contributed by atoms with van der Waals surface area (Å²) in [6.07, 6.45) is 30.5. The number of hydrogen-bond acceptors (Lipinski definition) is 16. The summed E-state index contributed by atoms with van der Waals surface area (Å²) in [6.45, 7) is 2.70. The zero-order chi connectivity index (χ0) is 52.7. The molecule has 10 N–H and O–H groups in total. The molecule has 3 unspecified atom stereocenters. The van der Waals surface area contributed by atoms with Crippen LogP contribution >= 0.6 is 19.6 Å². The average molecular weight is 1040 g/mol. The predicted octanol–water partition coefficient (Wildman–Crippen LogP) is 7.15. The quantitative estimate of drug-likeness (QED) is 0.00968. The molecular weight excluding hydrogens is 958 g/mol. The second kappa shape index (κ2) is 40.9. The normalized spacial score (nSPS) is 22.7. The molecule has 0 saturated heterocycles. The van der Waals surface area contributed by atoms with Gasteiger partial charge >= 0.3 is 25.7 Å². The molecule has 1 fully saturated rings. The number of esters is 2. The van der Waals surface area contributed by atoms with Crippen molar-refractivity contribution in [3.05, 3.63) is 97.2 Å². The lowest BCUT2D eigenvalue weighted by molar-refractivity contribution is -0.220. The lowest BCUT2D eigenvalue weighted by Crippen LogP contribution is -2.64. The smallest absolute Gasteiger partial charge is 0.472 e. The van der Waals surface area contributed by atoms with Crippen molar-refractivity contribution >= 4 is 37.5 Å². The molecule has 17 nitrogen and oxygen atoms in total. The molecule has 0 aromatic heterocycles. The molecule has 404 valence electrons. The van der Waals surface area contributed by atoms with Crippen LogP contribution < -0.4 is 5.73 Å². The Balaban J connectivity index is 2.90. The minimum atomic E-state index is -5.29. The van der Waals surface area contributed by atoms with Gasteiger partial charge in [0, 0.05) is 23.8 Å². The van der Waals surface area contributed by atoms with E-state index in [0.717, 1.165) is 82.4 Å². The van der Waals surface area contributed by atoms with Crippen LogP contribution in [0.3, 0.4) is 0 Å². The summed E-state index contributed by atoms with van der Waals surface area (Å²) in [5.41, 5.74) is 6.21. The first-order chi connectivity index (χ1) is 34.0. The van der Waals surface area contributed by atoms with Gasteiger partial charge in [0.25, 0.3) is 0 Å². The Morgan fingerprint density at radius 3 is 1.82 bits per heavy atom. The molecule has 11 atom stereocenters. The topological polar surface area (TPSA) is 293 Å². The van der Waals surface area contributed by atoms with Crippen molar-refractivity contribution in [1.29, 1.82) is 0 Å². The van der Waals surface area contributed by atoms with Crippen molar-refractivity contribution in [2.75, 3.05) is 19.0 Å². The van der Waals surface area contributed by atoms with Gasteiger partial charge in [-0.15, -0.1) is 11.8 Å². The SMILES string of the molecule is CC/C=C\C/C=C\C/C=C\C/C=C\CCCCCCC(=O)OC[C@H](COP(=O)(O)OC1[C@H](O)[C@H](O)C(O)[C@H](O)[C@H]1O)OC(=O)[C@@H](N)CS[C@H](/C=C/C=C/C=C\C/C=C\CCCCC)[C@@H](O)CCCC(=O)O. The van der Waals surface area contributed by atoms with Gasteiger partial charge in [-0.2, -0.15) is 0 Å². The van der Waals surface area contributed by atoms with Crippen molar-refractivity contribution in [3.8, 4) is 0 Å². The summed E-state index contributed by atoms with van der Waals surface area (Å²) in [5.74, 6) is -2.79. The van der Waals surface area contributed by atoms with Gasteiger partial charge in [0.1, 0.15) is 49.3 Å².